The number of ketones is 1. The molecule has 0 heterocycles. The molecule has 20 heavy (non-hydrogen) atoms. The van der Waals surface area contributed by atoms with Gasteiger partial charge in [-0.2, -0.15) is 26.3 Å². The first-order valence-electron chi connectivity index (χ1n) is 5.42. The third kappa shape index (κ3) is 4.75. The van der Waals surface area contributed by atoms with Gasteiger partial charge in [0, 0.05) is 6.42 Å². The SMILES string of the molecule is CC(=O)CCOc1cc(C(F)(F)F)cc(C(F)(F)F)c1. The molecule has 0 amide bonds. The van der Waals surface area contributed by atoms with Gasteiger partial charge in [0.1, 0.15) is 11.5 Å². The lowest BCUT2D eigenvalue weighted by atomic mass is 10.1. The highest BCUT2D eigenvalue weighted by Crippen LogP contribution is 2.38. The van der Waals surface area contributed by atoms with E-state index < -0.39 is 29.2 Å². The third-order valence-electron chi connectivity index (χ3n) is 2.28. The fourth-order valence-corrected chi connectivity index (χ4v) is 1.32. The molecule has 0 atom stereocenters. The van der Waals surface area contributed by atoms with E-state index in [0.29, 0.717) is 12.1 Å². The second-order valence-electron chi connectivity index (χ2n) is 4.04. The monoisotopic (exact) mass is 300 g/mol. The van der Waals surface area contributed by atoms with Crippen molar-refractivity contribution in [3.05, 3.63) is 29.3 Å². The zero-order valence-electron chi connectivity index (χ0n) is 10.2. The standard InChI is InChI=1S/C12H10F6O2/c1-7(19)2-3-20-10-5-8(11(13,14)15)4-9(6-10)12(16,17)18/h4-6H,2-3H2,1H3. The Hall–Kier alpha value is -1.73. The molecule has 2 nitrogen and oxygen atoms in total. The maximum Gasteiger partial charge on any atom is 0.416 e. The van der Waals surface area contributed by atoms with Gasteiger partial charge >= 0.3 is 12.4 Å². The molecule has 112 valence electrons. The highest BCUT2D eigenvalue weighted by Gasteiger charge is 2.37. The lowest BCUT2D eigenvalue weighted by Crippen LogP contribution is -2.12. The van der Waals surface area contributed by atoms with Crippen molar-refractivity contribution in [3.63, 3.8) is 0 Å². The smallest absolute Gasteiger partial charge is 0.416 e. The molecule has 0 aliphatic carbocycles. The Morgan fingerprint density at radius 1 is 1.00 bits per heavy atom. The molecule has 0 spiro atoms. The van der Waals surface area contributed by atoms with Crippen LogP contribution in [0.4, 0.5) is 26.3 Å². The summed E-state index contributed by atoms with van der Waals surface area (Å²) in [5.41, 5.74) is -2.91. The van der Waals surface area contributed by atoms with E-state index in [4.69, 9.17) is 4.74 Å². The number of ether oxygens (including phenoxy) is 1. The van der Waals surface area contributed by atoms with Crippen LogP contribution in [0.25, 0.3) is 0 Å². The Bertz CT molecular complexity index is 457. The molecule has 1 aromatic carbocycles. The van der Waals surface area contributed by atoms with Crippen molar-refractivity contribution in [2.75, 3.05) is 6.61 Å². The van der Waals surface area contributed by atoms with Gasteiger partial charge < -0.3 is 4.74 Å². The van der Waals surface area contributed by atoms with Gasteiger partial charge in [-0.15, -0.1) is 0 Å². The largest absolute Gasteiger partial charge is 0.493 e. The molecule has 0 N–H and O–H groups in total. The van der Waals surface area contributed by atoms with Gasteiger partial charge in [-0.05, 0) is 25.1 Å². The van der Waals surface area contributed by atoms with Crippen LogP contribution in [0.15, 0.2) is 18.2 Å². The summed E-state index contributed by atoms with van der Waals surface area (Å²) >= 11 is 0. The first-order valence-corrected chi connectivity index (χ1v) is 5.42. The Labute approximate surface area is 110 Å². The Balaban J connectivity index is 3.08. The highest BCUT2D eigenvalue weighted by molar-refractivity contribution is 5.75. The number of carbonyl (C=O) groups excluding carboxylic acids is 1. The average Bonchev–Trinajstić information content (AvgIpc) is 2.25. The fraction of sp³-hybridized carbons (Fsp3) is 0.417. The minimum Gasteiger partial charge on any atom is -0.493 e. The van der Waals surface area contributed by atoms with Gasteiger partial charge in [0.2, 0.25) is 0 Å². The van der Waals surface area contributed by atoms with Crippen LogP contribution in [0.3, 0.4) is 0 Å². The Morgan fingerprint density at radius 2 is 1.45 bits per heavy atom. The van der Waals surface area contributed by atoms with Gasteiger partial charge in [-0.3, -0.25) is 4.79 Å². The van der Waals surface area contributed by atoms with Crippen molar-refractivity contribution in [2.24, 2.45) is 0 Å². The number of benzene rings is 1. The zero-order chi connectivity index (χ0) is 15.6. The van der Waals surface area contributed by atoms with E-state index in [2.05, 4.69) is 0 Å². The van der Waals surface area contributed by atoms with Crippen molar-refractivity contribution < 1.29 is 35.9 Å². The summed E-state index contributed by atoms with van der Waals surface area (Å²) in [5, 5.41) is 0. The molecule has 0 unspecified atom stereocenters. The number of carbonyl (C=O) groups is 1. The quantitative estimate of drug-likeness (QED) is 0.783. The number of hydrogen-bond acceptors (Lipinski definition) is 2. The molecular weight excluding hydrogens is 290 g/mol. The summed E-state index contributed by atoms with van der Waals surface area (Å²) in [6.45, 7) is 0.949. The number of rotatable bonds is 4. The van der Waals surface area contributed by atoms with Crippen LogP contribution in [0.1, 0.15) is 24.5 Å². The normalized spacial score (nSPS) is 12.3. The van der Waals surface area contributed by atoms with Crippen molar-refractivity contribution in [1.29, 1.82) is 0 Å². The average molecular weight is 300 g/mol. The van der Waals surface area contributed by atoms with E-state index in [-0.39, 0.29) is 24.9 Å². The van der Waals surface area contributed by atoms with E-state index >= 15 is 0 Å². The molecule has 0 aromatic heterocycles. The van der Waals surface area contributed by atoms with Crippen LogP contribution in [0.5, 0.6) is 5.75 Å². The van der Waals surface area contributed by atoms with Crippen molar-refractivity contribution in [2.45, 2.75) is 25.7 Å². The molecule has 0 saturated carbocycles. The molecule has 1 rings (SSSR count). The predicted octanol–water partition coefficient (Wildman–Crippen LogP) is 4.08. The minimum atomic E-state index is -4.92. The van der Waals surface area contributed by atoms with E-state index in [1.807, 2.05) is 0 Å². The van der Waals surface area contributed by atoms with Gasteiger partial charge in [0.15, 0.2) is 0 Å². The van der Waals surface area contributed by atoms with E-state index in [9.17, 15) is 31.1 Å². The van der Waals surface area contributed by atoms with Crippen LogP contribution in [-0.4, -0.2) is 12.4 Å². The van der Waals surface area contributed by atoms with Crippen LogP contribution in [0.2, 0.25) is 0 Å². The Kier molecular flexibility index (Phi) is 4.67. The molecule has 0 aliphatic rings. The summed E-state index contributed by atoms with van der Waals surface area (Å²) in [6.07, 6.45) is -9.93. The van der Waals surface area contributed by atoms with Crippen LogP contribution in [-0.2, 0) is 17.1 Å². The van der Waals surface area contributed by atoms with Gasteiger partial charge in [-0.1, -0.05) is 0 Å². The second-order valence-corrected chi connectivity index (χ2v) is 4.04. The molecule has 0 fully saturated rings. The third-order valence-corrected chi connectivity index (χ3v) is 2.28. The number of hydrogen-bond donors (Lipinski definition) is 0. The van der Waals surface area contributed by atoms with Crippen LogP contribution < -0.4 is 4.74 Å². The van der Waals surface area contributed by atoms with Crippen LogP contribution >= 0.6 is 0 Å². The highest BCUT2D eigenvalue weighted by atomic mass is 19.4. The van der Waals surface area contributed by atoms with Gasteiger partial charge in [0.05, 0.1) is 17.7 Å². The molecular formula is C12H10F6O2. The van der Waals surface area contributed by atoms with E-state index in [0.717, 1.165) is 0 Å². The number of Topliss-reactive ketones (excluding diaryl/α,β-unsaturated/α-hetero) is 1. The molecule has 0 saturated heterocycles. The summed E-state index contributed by atoms with van der Waals surface area (Å²) in [6, 6.07) is 0.947. The second kappa shape index (κ2) is 5.72. The molecule has 0 bridgehead atoms. The van der Waals surface area contributed by atoms with E-state index in [1.54, 1.807) is 0 Å². The first kappa shape index (κ1) is 16.3. The molecule has 1 aromatic rings. The molecule has 0 radical (unpaired) electrons. The van der Waals surface area contributed by atoms with Gasteiger partial charge in [-0.25, -0.2) is 0 Å². The minimum absolute atomic E-state index is 0.0117. The van der Waals surface area contributed by atoms with Crippen molar-refractivity contribution in [3.8, 4) is 5.75 Å². The summed E-state index contributed by atoms with van der Waals surface area (Å²) in [7, 11) is 0. The maximum atomic E-state index is 12.5. The number of alkyl halides is 6. The fourth-order valence-electron chi connectivity index (χ4n) is 1.32. The topological polar surface area (TPSA) is 26.3 Å². The number of halogens is 6. The van der Waals surface area contributed by atoms with Gasteiger partial charge in [0.25, 0.3) is 0 Å². The van der Waals surface area contributed by atoms with E-state index in [1.165, 1.54) is 6.92 Å². The Morgan fingerprint density at radius 3 is 1.80 bits per heavy atom. The first-order chi connectivity index (χ1) is 9.00. The summed E-state index contributed by atoms with van der Waals surface area (Å²) in [5.74, 6) is -0.860. The lowest BCUT2D eigenvalue weighted by Gasteiger charge is -2.14. The molecule has 0 aliphatic heterocycles. The summed E-state index contributed by atoms with van der Waals surface area (Å²) < 4.78 is 79.8. The lowest BCUT2D eigenvalue weighted by molar-refractivity contribution is -0.143. The maximum absolute atomic E-state index is 12.5. The van der Waals surface area contributed by atoms with Crippen molar-refractivity contribution in [1.82, 2.24) is 0 Å². The predicted molar refractivity (Wildman–Crippen MR) is 57.2 cm³/mol. The van der Waals surface area contributed by atoms with Crippen LogP contribution in [0, 0.1) is 0 Å². The van der Waals surface area contributed by atoms with Crippen molar-refractivity contribution >= 4 is 5.78 Å². The molecule has 8 heteroatoms. The zero-order valence-corrected chi connectivity index (χ0v) is 10.2. The summed E-state index contributed by atoms with van der Waals surface area (Å²) in [4.78, 5) is 10.6.